The summed E-state index contributed by atoms with van der Waals surface area (Å²) in [5.41, 5.74) is -0.185. The zero-order valence-electron chi connectivity index (χ0n) is 21.6. The molecule has 1 aromatic carbocycles. The maximum Gasteiger partial charge on any atom is 0.400 e. The number of unbranched alkanes of at least 4 members (excludes halogenated alkanes) is 2. The minimum atomic E-state index is -3.41. The van der Waals surface area contributed by atoms with Crippen molar-refractivity contribution in [1.29, 1.82) is 0 Å². The maximum absolute atomic E-state index is 14.8. The van der Waals surface area contributed by atoms with Crippen molar-refractivity contribution in [2.24, 2.45) is 35.5 Å². The van der Waals surface area contributed by atoms with E-state index >= 15 is 0 Å². The SMILES string of the molecule is CCCCCC1CCC(C2CCC(C3CCC(C(F)(F)Oc4cc(F)c(C)c(F)c4)CC3)CC2)C1. The normalized spacial score (nSPS) is 32.1. The molecule has 0 aromatic heterocycles. The molecule has 3 saturated carbocycles. The average Bonchev–Trinajstić information content (AvgIpc) is 3.32. The van der Waals surface area contributed by atoms with Gasteiger partial charge in [0.05, 0.1) is 5.92 Å². The fourth-order valence-electron chi connectivity index (χ4n) is 7.42. The van der Waals surface area contributed by atoms with E-state index in [0.717, 1.165) is 42.7 Å². The molecule has 1 nitrogen and oxygen atoms in total. The number of rotatable bonds is 9. The van der Waals surface area contributed by atoms with Crippen LogP contribution in [-0.4, -0.2) is 6.11 Å². The Morgan fingerprint density at radius 3 is 1.86 bits per heavy atom. The monoisotopic (exact) mass is 496 g/mol. The lowest BCUT2D eigenvalue weighted by Gasteiger charge is -2.40. The van der Waals surface area contributed by atoms with Crippen LogP contribution in [0.4, 0.5) is 17.6 Å². The predicted molar refractivity (Wildman–Crippen MR) is 133 cm³/mol. The van der Waals surface area contributed by atoms with Crippen LogP contribution in [0.2, 0.25) is 0 Å². The second-order valence-corrected chi connectivity index (χ2v) is 11.9. The van der Waals surface area contributed by atoms with E-state index in [4.69, 9.17) is 4.74 Å². The van der Waals surface area contributed by atoms with Crippen LogP contribution in [0.15, 0.2) is 12.1 Å². The molecule has 0 bridgehead atoms. The van der Waals surface area contributed by atoms with E-state index in [-0.39, 0.29) is 5.56 Å². The zero-order chi connectivity index (χ0) is 25.0. The van der Waals surface area contributed by atoms with E-state index < -0.39 is 29.4 Å². The van der Waals surface area contributed by atoms with Crippen LogP contribution in [0.1, 0.15) is 109 Å². The highest BCUT2D eigenvalue weighted by Gasteiger charge is 2.45. The Balaban J connectivity index is 1.20. The number of hydrogen-bond acceptors (Lipinski definition) is 1. The van der Waals surface area contributed by atoms with Crippen molar-refractivity contribution in [2.45, 2.75) is 116 Å². The van der Waals surface area contributed by atoms with E-state index in [0.29, 0.717) is 24.7 Å². The lowest BCUT2D eigenvalue weighted by atomic mass is 9.67. The minimum Gasteiger partial charge on any atom is -0.432 e. The van der Waals surface area contributed by atoms with Crippen LogP contribution < -0.4 is 4.74 Å². The number of halogens is 4. The molecule has 3 aliphatic carbocycles. The molecule has 2 atom stereocenters. The van der Waals surface area contributed by atoms with Crippen molar-refractivity contribution in [1.82, 2.24) is 0 Å². The standard InChI is InChI=1S/C30H44F4O/c1-3-4-5-6-21-7-8-25(17-21)24-11-9-22(10-12-24)23-13-15-26(16-14-23)30(33,34)35-27-18-28(31)20(2)29(32)19-27/h18-19,21-26H,3-17H2,1-2H3. The molecule has 0 saturated heterocycles. The van der Waals surface area contributed by atoms with Crippen LogP contribution in [0, 0.1) is 54.1 Å². The van der Waals surface area contributed by atoms with Gasteiger partial charge in [-0.2, -0.15) is 8.78 Å². The van der Waals surface area contributed by atoms with Crippen molar-refractivity contribution in [3.05, 3.63) is 29.3 Å². The first-order chi connectivity index (χ1) is 16.8. The first-order valence-corrected chi connectivity index (χ1v) is 14.3. The molecule has 0 N–H and O–H groups in total. The van der Waals surface area contributed by atoms with Gasteiger partial charge in [0, 0.05) is 17.7 Å². The summed E-state index contributed by atoms with van der Waals surface area (Å²) < 4.78 is 62.0. The molecular formula is C30H44F4O. The molecule has 198 valence electrons. The Morgan fingerprint density at radius 2 is 1.29 bits per heavy atom. The maximum atomic E-state index is 14.8. The summed E-state index contributed by atoms with van der Waals surface area (Å²) in [6.45, 7) is 3.55. The van der Waals surface area contributed by atoms with Crippen molar-refractivity contribution in [2.75, 3.05) is 0 Å². The minimum absolute atomic E-state index is 0.185. The molecular weight excluding hydrogens is 452 g/mol. The van der Waals surface area contributed by atoms with E-state index in [1.807, 2.05) is 0 Å². The van der Waals surface area contributed by atoms with Crippen LogP contribution in [0.3, 0.4) is 0 Å². The van der Waals surface area contributed by atoms with Gasteiger partial charge in [0.15, 0.2) is 0 Å². The third kappa shape index (κ3) is 6.74. The highest BCUT2D eigenvalue weighted by molar-refractivity contribution is 5.30. The van der Waals surface area contributed by atoms with E-state index in [1.54, 1.807) is 0 Å². The Bertz CT molecular complexity index is 786. The molecule has 3 fully saturated rings. The Morgan fingerprint density at radius 1 is 0.771 bits per heavy atom. The van der Waals surface area contributed by atoms with Crippen LogP contribution >= 0.6 is 0 Å². The fraction of sp³-hybridized carbons (Fsp3) is 0.800. The second kappa shape index (κ2) is 11.9. The lowest BCUT2D eigenvalue weighted by Crippen LogP contribution is -2.38. The highest BCUT2D eigenvalue weighted by atomic mass is 19.3. The molecule has 35 heavy (non-hydrogen) atoms. The van der Waals surface area contributed by atoms with Crippen molar-refractivity contribution in [3.63, 3.8) is 0 Å². The van der Waals surface area contributed by atoms with Crippen molar-refractivity contribution < 1.29 is 22.3 Å². The molecule has 4 rings (SSSR count). The molecule has 1 aromatic rings. The predicted octanol–water partition coefficient (Wildman–Crippen LogP) is 9.85. The molecule has 5 heteroatoms. The summed E-state index contributed by atoms with van der Waals surface area (Å²) in [5.74, 6) is 0.904. The topological polar surface area (TPSA) is 9.23 Å². The highest BCUT2D eigenvalue weighted by Crippen LogP contribution is 2.49. The van der Waals surface area contributed by atoms with E-state index in [1.165, 1.54) is 77.6 Å². The molecule has 3 aliphatic rings. The smallest absolute Gasteiger partial charge is 0.400 e. The van der Waals surface area contributed by atoms with Crippen LogP contribution in [0.5, 0.6) is 5.75 Å². The van der Waals surface area contributed by atoms with E-state index in [2.05, 4.69) is 6.92 Å². The molecule has 0 aliphatic heterocycles. The van der Waals surface area contributed by atoms with Crippen LogP contribution in [0.25, 0.3) is 0 Å². The number of benzene rings is 1. The largest absolute Gasteiger partial charge is 0.432 e. The summed E-state index contributed by atoms with van der Waals surface area (Å²) in [6, 6.07) is 1.71. The summed E-state index contributed by atoms with van der Waals surface area (Å²) in [6.07, 6.45) is 14.0. The fourth-order valence-corrected chi connectivity index (χ4v) is 7.42. The van der Waals surface area contributed by atoms with Gasteiger partial charge in [0.2, 0.25) is 0 Å². The van der Waals surface area contributed by atoms with Gasteiger partial charge in [-0.15, -0.1) is 0 Å². The van der Waals surface area contributed by atoms with Gasteiger partial charge in [-0.1, -0.05) is 39.0 Å². The molecule has 2 unspecified atom stereocenters. The third-order valence-electron chi connectivity index (χ3n) is 9.70. The summed E-state index contributed by atoms with van der Waals surface area (Å²) in [7, 11) is 0. The van der Waals surface area contributed by atoms with Crippen molar-refractivity contribution in [3.8, 4) is 5.75 Å². The first-order valence-electron chi connectivity index (χ1n) is 14.3. The van der Waals surface area contributed by atoms with Crippen molar-refractivity contribution >= 4 is 0 Å². The van der Waals surface area contributed by atoms with Crippen LogP contribution in [-0.2, 0) is 0 Å². The number of hydrogen-bond donors (Lipinski definition) is 0. The average molecular weight is 497 g/mol. The van der Waals surface area contributed by atoms with Gasteiger partial charge < -0.3 is 4.74 Å². The van der Waals surface area contributed by atoms with Gasteiger partial charge >= 0.3 is 6.11 Å². The Labute approximate surface area is 209 Å². The number of alkyl halides is 2. The van der Waals surface area contributed by atoms with E-state index in [9.17, 15) is 17.6 Å². The summed E-state index contributed by atoms with van der Waals surface area (Å²) >= 11 is 0. The molecule has 0 amide bonds. The van der Waals surface area contributed by atoms with Gasteiger partial charge in [0.25, 0.3) is 0 Å². The van der Waals surface area contributed by atoms with Gasteiger partial charge in [-0.05, 0) is 101 Å². The Kier molecular flexibility index (Phi) is 9.08. The molecule has 0 heterocycles. The molecule has 0 radical (unpaired) electrons. The second-order valence-electron chi connectivity index (χ2n) is 11.9. The van der Waals surface area contributed by atoms with Gasteiger partial charge in [-0.3, -0.25) is 0 Å². The molecule has 0 spiro atoms. The summed E-state index contributed by atoms with van der Waals surface area (Å²) in [5, 5.41) is 0. The summed E-state index contributed by atoms with van der Waals surface area (Å²) in [4.78, 5) is 0. The lowest BCUT2D eigenvalue weighted by molar-refractivity contribution is -0.224. The zero-order valence-corrected chi connectivity index (χ0v) is 21.6. The van der Waals surface area contributed by atoms with Gasteiger partial charge in [0.1, 0.15) is 17.4 Å². The Hall–Kier alpha value is -1.26. The van der Waals surface area contributed by atoms with Gasteiger partial charge in [-0.25, -0.2) is 8.78 Å². The third-order valence-corrected chi connectivity index (χ3v) is 9.70. The number of ether oxygens (including phenoxy) is 1. The quantitative estimate of drug-likeness (QED) is 0.244. The first kappa shape index (κ1) is 26.8.